The van der Waals surface area contributed by atoms with Crippen molar-refractivity contribution in [1.29, 1.82) is 0 Å². The number of benzene rings is 1. The molecule has 1 amide bonds. The topological polar surface area (TPSA) is 81.8 Å². The summed E-state index contributed by atoms with van der Waals surface area (Å²) in [5, 5.41) is 10.0. The fourth-order valence-electron chi connectivity index (χ4n) is 1.98. The van der Waals surface area contributed by atoms with Crippen molar-refractivity contribution in [2.45, 2.75) is 45.8 Å². The van der Waals surface area contributed by atoms with Gasteiger partial charge in [0.15, 0.2) is 0 Å². The Bertz CT molecular complexity index is 769. The van der Waals surface area contributed by atoms with Crippen LogP contribution in [-0.4, -0.2) is 25.7 Å². The molecule has 1 heterocycles. The molecule has 0 radical (unpaired) electrons. The molecule has 1 aliphatic carbocycles. The van der Waals surface area contributed by atoms with Crippen LogP contribution in [0.15, 0.2) is 23.0 Å². The highest BCUT2D eigenvalue weighted by atomic mass is 35.5. The summed E-state index contributed by atoms with van der Waals surface area (Å²) in [5.74, 6) is -0.947. The zero-order valence-corrected chi connectivity index (χ0v) is 14.3. The minimum Gasteiger partial charge on any atom is -0.350 e. The molecular formula is C15H19ClFN5O2. The number of aromatic nitrogens is 4. The molecule has 1 saturated carbocycles. The molecule has 1 N–H and O–H groups in total. The molecule has 1 aliphatic rings. The van der Waals surface area contributed by atoms with E-state index in [2.05, 4.69) is 15.7 Å². The van der Waals surface area contributed by atoms with Crippen molar-refractivity contribution in [3.05, 3.63) is 45.1 Å². The zero-order chi connectivity index (χ0) is 17.7. The van der Waals surface area contributed by atoms with Gasteiger partial charge in [-0.1, -0.05) is 31.5 Å². The molecule has 2 aromatic rings. The van der Waals surface area contributed by atoms with E-state index in [1.165, 1.54) is 16.8 Å². The van der Waals surface area contributed by atoms with Gasteiger partial charge in [-0.2, -0.15) is 9.36 Å². The molecule has 1 aromatic carbocycles. The van der Waals surface area contributed by atoms with Gasteiger partial charge in [-0.05, 0) is 41.0 Å². The lowest BCUT2D eigenvalue weighted by Crippen LogP contribution is -2.33. The van der Waals surface area contributed by atoms with Crippen molar-refractivity contribution in [3.63, 3.8) is 0 Å². The molecular weight excluding hydrogens is 337 g/mol. The summed E-state index contributed by atoms with van der Waals surface area (Å²) in [6.45, 7) is 3.92. The quantitative estimate of drug-likeness (QED) is 0.888. The van der Waals surface area contributed by atoms with E-state index in [-0.39, 0.29) is 24.2 Å². The van der Waals surface area contributed by atoms with Crippen LogP contribution >= 0.6 is 11.6 Å². The molecule has 3 rings (SSSR count). The van der Waals surface area contributed by atoms with Crippen LogP contribution in [0, 0.1) is 5.82 Å². The number of halogens is 2. The number of nitrogens with one attached hydrogen (secondary N) is 1. The second-order valence-electron chi connectivity index (χ2n) is 5.12. The van der Waals surface area contributed by atoms with Crippen molar-refractivity contribution in [3.8, 4) is 0 Å². The Morgan fingerprint density at radius 1 is 1.38 bits per heavy atom. The number of carbonyl (C=O) groups is 1. The minimum absolute atomic E-state index is 0.0262. The highest BCUT2D eigenvalue weighted by molar-refractivity contribution is 6.30. The van der Waals surface area contributed by atoms with Crippen LogP contribution in [0.3, 0.4) is 0 Å². The molecule has 1 aromatic heterocycles. The van der Waals surface area contributed by atoms with Gasteiger partial charge in [0.2, 0.25) is 5.91 Å². The van der Waals surface area contributed by atoms with E-state index in [1.54, 1.807) is 6.07 Å². The first-order chi connectivity index (χ1) is 11.5. The zero-order valence-electron chi connectivity index (χ0n) is 13.5. The number of hydrogen-bond donors (Lipinski definition) is 1. The molecule has 0 bridgehead atoms. The van der Waals surface area contributed by atoms with E-state index < -0.39 is 17.4 Å². The fourth-order valence-corrected chi connectivity index (χ4v) is 2.09. The number of nitrogens with zero attached hydrogens (tertiary/aromatic N) is 4. The largest absolute Gasteiger partial charge is 0.364 e. The van der Waals surface area contributed by atoms with E-state index in [4.69, 9.17) is 11.6 Å². The van der Waals surface area contributed by atoms with Crippen molar-refractivity contribution >= 4 is 17.5 Å². The van der Waals surface area contributed by atoms with Crippen LogP contribution in [-0.2, 0) is 17.9 Å². The molecule has 0 aliphatic heterocycles. The maximum Gasteiger partial charge on any atom is 0.364 e. The van der Waals surface area contributed by atoms with Gasteiger partial charge in [-0.3, -0.25) is 4.79 Å². The third-order valence-electron chi connectivity index (χ3n) is 3.32. The summed E-state index contributed by atoms with van der Waals surface area (Å²) >= 11 is 5.58. The van der Waals surface area contributed by atoms with Crippen LogP contribution in [0.2, 0.25) is 5.02 Å². The maximum atomic E-state index is 13.3. The molecule has 24 heavy (non-hydrogen) atoms. The summed E-state index contributed by atoms with van der Waals surface area (Å²) in [7, 11) is 0. The van der Waals surface area contributed by atoms with E-state index in [9.17, 15) is 14.0 Å². The summed E-state index contributed by atoms with van der Waals surface area (Å²) in [4.78, 5) is 23.7. The van der Waals surface area contributed by atoms with Crippen LogP contribution in [0.4, 0.5) is 4.39 Å². The molecule has 130 valence electrons. The first-order valence-electron chi connectivity index (χ1n) is 7.77. The standard InChI is InChI=1S/C13H13ClFN5O2.C2H6/c14-10-4-1-8(5-11(10)15)6-16-12(21)7-19-13(22)20(18-17-19)9-2-3-9;1-2/h1,4-5,9H,2-3,6-7H2,(H,16,21);1-2H3. The third-order valence-corrected chi connectivity index (χ3v) is 3.63. The Hall–Kier alpha value is -2.22. The van der Waals surface area contributed by atoms with Crippen LogP contribution < -0.4 is 11.0 Å². The van der Waals surface area contributed by atoms with Gasteiger partial charge in [0, 0.05) is 6.54 Å². The molecule has 0 atom stereocenters. The second kappa shape index (κ2) is 8.05. The van der Waals surface area contributed by atoms with Crippen LogP contribution in [0.1, 0.15) is 38.3 Å². The molecule has 7 nitrogen and oxygen atoms in total. The number of rotatable bonds is 5. The van der Waals surface area contributed by atoms with Gasteiger partial charge in [-0.25, -0.2) is 9.18 Å². The fraction of sp³-hybridized carbons (Fsp3) is 0.467. The van der Waals surface area contributed by atoms with Crippen molar-refractivity contribution in [1.82, 2.24) is 25.1 Å². The summed E-state index contributed by atoms with van der Waals surface area (Å²) in [6, 6.07) is 4.39. The van der Waals surface area contributed by atoms with Gasteiger partial charge < -0.3 is 5.32 Å². The molecule has 0 saturated heterocycles. The number of hydrogen-bond acceptors (Lipinski definition) is 4. The highest BCUT2D eigenvalue weighted by Crippen LogP contribution is 2.32. The van der Waals surface area contributed by atoms with E-state index in [1.807, 2.05) is 13.8 Å². The van der Waals surface area contributed by atoms with Gasteiger partial charge in [0.1, 0.15) is 12.4 Å². The first-order valence-corrected chi connectivity index (χ1v) is 8.15. The number of carbonyl (C=O) groups excluding carboxylic acids is 1. The third kappa shape index (κ3) is 4.41. The summed E-state index contributed by atoms with van der Waals surface area (Å²) in [6.07, 6.45) is 1.82. The smallest absolute Gasteiger partial charge is 0.350 e. The second-order valence-corrected chi connectivity index (χ2v) is 5.53. The van der Waals surface area contributed by atoms with Gasteiger partial charge >= 0.3 is 5.69 Å². The maximum absolute atomic E-state index is 13.3. The highest BCUT2D eigenvalue weighted by Gasteiger charge is 2.28. The lowest BCUT2D eigenvalue weighted by molar-refractivity contribution is -0.122. The van der Waals surface area contributed by atoms with Crippen LogP contribution in [0.5, 0.6) is 0 Å². The van der Waals surface area contributed by atoms with Crippen molar-refractivity contribution < 1.29 is 9.18 Å². The monoisotopic (exact) mass is 355 g/mol. The van der Waals surface area contributed by atoms with E-state index >= 15 is 0 Å². The van der Waals surface area contributed by atoms with E-state index in [0.717, 1.165) is 17.5 Å². The Kier molecular flexibility index (Phi) is 6.08. The van der Waals surface area contributed by atoms with Crippen molar-refractivity contribution in [2.24, 2.45) is 0 Å². The normalized spacial score (nSPS) is 13.2. The summed E-state index contributed by atoms with van der Waals surface area (Å²) < 4.78 is 15.6. The SMILES string of the molecule is CC.O=C(Cn1nnn(C2CC2)c1=O)NCc1ccc(Cl)c(F)c1. The Morgan fingerprint density at radius 2 is 2.08 bits per heavy atom. The number of tetrazole rings is 1. The Labute approximate surface area is 143 Å². The average molecular weight is 356 g/mol. The van der Waals surface area contributed by atoms with Gasteiger partial charge in [0.25, 0.3) is 0 Å². The van der Waals surface area contributed by atoms with Gasteiger partial charge in [0.05, 0.1) is 11.1 Å². The first kappa shape index (κ1) is 18.1. The molecule has 0 spiro atoms. The lowest BCUT2D eigenvalue weighted by atomic mass is 10.2. The van der Waals surface area contributed by atoms with E-state index in [0.29, 0.717) is 5.56 Å². The molecule has 9 heteroatoms. The van der Waals surface area contributed by atoms with Crippen LogP contribution in [0.25, 0.3) is 0 Å². The van der Waals surface area contributed by atoms with Gasteiger partial charge in [-0.15, -0.1) is 0 Å². The minimum atomic E-state index is -0.544. The summed E-state index contributed by atoms with van der Waals surface area (Å²) in [5.41, 5.74) is 0.180. The predicted molar refractivity (Wildman–Crippen MR) is 87.2 cm³/mol. The Balaban J connectivity index is 0.00000100. The van der Waals surface area contributed by atoms with Crippen molar-refractivity contribution in [2.75, 3.05) is 0 Å². The molecule has 1 fully saturated rings. The average Bonchev–Trinajstić information content (AvgIpc) is 3.36. The Morgan fingerprint density at radius 3 is 2.71 bits per heavy atom. The molecule has 0 unspecified atom stereocenters. The predicted octanol–water partition coefficient (Wildman–Crippen LogP) is 1.91. The lowest BCUT2D eigenvalue weighted by Gasteiger charge is -2.05. The number of amides is 1.